The highest BCUT2D eigenvalue weighted by Gasteiger charge is 2.21. The number of hydrogen-bond donors (Lipinski definition) is 2. The minimum absolute atomic E-state index is 0.231. The molecule has 1 amide bonds. The predicted octanol–water partition coefficient (Wildman–Crippen LogP) is 4.27. The molecular weight excluding hydrogens is 382 g/mol. The van der Waals surface area contributed by atoms with E-state index in [9.17, 15) is 4.79 Å². The van der Waals surface area contributed by atoms with Gasteiger partial charge in [0.1, 0.15) is 11.1 Å². The van der Waals surface area contributed by atoms with Crippen molar-refractivity contribution in [2.45, 2.75) is 17.4 Å². The zero-order valence-corrected chi connectivity index (χ0v) is 15.7. The maximum absolute atomic E-state index is 12.4. The molecule has 134 valence electrons. The zero-order chi connectivity index (χ0) is 18.8. The number of amides is 1. The SMILES string of the molecule is C[C@@H](Sc1nnc(-c2c[nH]c3ccccc23)o1)C(=O)Nc1sccc1C#N. The first-order valence-electron chi connectivity index (χ1n) is 8.01. The third kappa shape index (κ3) is 3.45. The molecule has 4 rings (SSSR count). The number of nitrogens with one attached hydrogen (secondary N) is 2. The number of thioether (sulfide) groups is 1. The van der Waals surface area contributed by atoms with Crippen LogP contribution in [-0.2, 0) is 4.79 Å². The molecule has 4 aromatic rings. The third-order valence-corrected chi connectivity index (χ3v) is 5.66. The topological polar surface area (TPSA) is 108 Å². The molecule has 0 radical (unpaired) electrons. The fraction of sp³-hybridized carbons (Fsp3) is 0.111. The van der Waals surface area contributed by atoms with E-state index in [1.54, 1.807) is 18.4 Å². The first-order valence-corrected chi connectivity index (χ1v) is 9.76. The predicted molar refractivity (Wildman–Crippen MR) is 105 cm³/mol. The van der Waals surface area contributed by atoms with Gasteiger partial charge in [-0.2, -0.15) is 5.26 Å². The number of nitriles is 1. The van der Waals surface area contributed by atoms with Gasteiger partial charge in [-0.3, -0.25) is 4.79 Å². The van der Waals surface area contributed by atoms with Crippen molar-refractivity contribution in [3.8, 4) is 17.5 Å². The molecule has 0 aliphatic rings. The van der Waals surface area contributed by atoms with Crippen LogP contribution in [0.25, 0.3) is 22.4 Å². The van der Waals surface area contributed by atoms with E-state index in [1.807, 2.05) is 36.5 Å². The summed E-state index contributed by atoms with van der Waals surface area (Å²) >= 11 is 2.48. The van der Waals surface area contributed by atoms with Gasteiger partial charge in [-0.05, 0) is 24.4 Å². The van der Waals surface area contributed by atoms with E-state index >= 15 is 0 Å². The molecule has 0 aliphatic heterocycles. The standard InChI is InChI=1S/C18H13N5O2S2/c1-10(15(24)21-17-11(8-19)6-7-26-17)27-18-23-22-16(25-18)13-9-20-14-5-3-2-4-12(13)14/h2-7,9-10,20H,1H3,(H,21,24)/t10-/m1/s1. The van der Waals surface area contributed by atoms with Gasteiger partial charge in [-0.25, -0.2) is 0 Å². The molecule has 0 bridgehead atoms. The number of hydrogen-bond acceptors (Lipinski definition) is 7. The summed E-state index contributed by atoms with van der Waals surface area (Å²) in [6.07, 6.45) is 1.82. The second kappa shape index (κ2) is 7.26. The van der Waals surface area contributed by atoms with Crippen LogP contribution in [0.3, 0.4) is 0 Å². The largest absolute Gasteiger partial charge is 0.411 e. The molecule has 0 saturated carbocycles. The Kier molecular flexibility index (Phi) is 4.66. The molecule has 7 nitrogen and oxygen atoms in total. The van der Waals surface area contributed by atoms with E-state index in [4.69, 9.17) is 9.68 Å². The first-order chi connectivity index (χ1) is 13.2. The molecule has 0 aliphatic carbocycles. The summed E-state index contributed by atoms with van der Waals surface area (Å²) in [5, 5.41) is 23.1. The summed E-state index contributed by atoms with van der Waals surface area (Å²) in [5.74, 6) is 0.165. The number of aromatic nitrogens is 3. The van der Waals surface area contributed by atoms with Crippen molar-refractivity contribution in [3.05, 3.63) is 47.5 Å². The fourth-order valence-electron chi connectivity index (χ4n) is 2.53. The maximum Gasteiger partial charge on any atom is 0.277 e. The third-order valence-electron chi connectivity index (χ3n) is 3.90. The Bertz CT molecular complexity index is 1150. The van der Waals surface area contributed by atoms with Crippen molar-refractivity contribution in [1.82, 2.24) is 15.2 Å². The lowest BCUT2D eigenvalue weighted by Gasteiger charge is -2.08. The van der Waals surface area contributed by atoms with Gasteiger partial charge in [0.2, 0.25) is 5.91 Å². The van der Waals surface area contributed by atoms with Crippen molar-refractivity contribution < 1.29 is 9.21 Å². The first kappa shape index (κ1) is 17.3. The molecule has 3 heterocycles. The number of rotatable bonds is 5. The van der Waals surface area contributed by atoms with Crippen LogP contribution in [0.15, 0.2) is 51.5 Å². The number of anilines is 1. The number of carbonyl (C=O) groups is 1. The average Bonchev–Trinajstić information content (AvgIpc) is 3.40. The van der Waals surface area contributed by atoms with Crippen LogP contribution >= 0.6 is 23.1 Å². The summed E-state index contributed by atoms with van der Waals surface area (Å²) in [5.41, 5.74) is 2.25. The Morgan fingerprint density at radius 2 is 2.22 bits per heavy atom. The monoisotopic (exact) mass is 395 g/mol. The lowest BCUT2D eigenvalue weighted by molar-refractivity contribution is -0.115. The van der Waals surface area contributed by atoms with E-state index < -0.39 is 5.25 Å². The minimum atomic E-state index is -0.463. The quantitative estimate of drug-likeness (QED) is 0.489. The van der Waals surface area contributed by atoms with Crippen molar-refractivity contribution in [2.75, 3.05) is 5.32 Å². The number of H-pyrrole nitrogens is 1. The normalized spacial score (nSPS) is 12.0. The number of aromatic amines is 1. The summed E-state index contributed by atoms with van der Waals surface area (Å²) in [7, 11) is 0. The molecule has 3 aromatic heterocycles. The van der Waals surface area contributed by atoms with Crippen LogP contribution in [-0.4, -0.2) is 26.3 Å². The van der Waals surface area contributed by atoms with Gasteiger partial charge in [0.15, 0.2) is 0 Å². The number of benzene rings is 1. The van der Waals surface area contributed by atoms with Crippen LogP contribution in [0.2, 0.25) is 0 Å². The number of fused-ring (bicyclic) bond motifs is 1. The smallest absolute Gasteiger partial charge is 0.277 e. The van der Waals surface area contributed by atoms with E-state index in [1.165, 1.54) is 23.1 Å². The molecule has 9 heteroatoms. The average molecular weight is 395 g/mol. The highest BCUT2D eigenvalue weighted by molar-refractivity contribution is 8.00. The summed E-state index contributed by atoms with van der Waals surface area (Å²) in [4.78, 5) is 15.5. The summed E-state index contributed by atoms with van der Waals surface area (Å²) < 4.78 is 5.73. The summed E-state index contributed by atoms with van der Waals surface area (Å²) in [6.45, 7) is 1.75. The summed E-state index contributed by atoms with van der Waals surface area (Å²) in [6, 6.07) is 11.6. The van der Waals surface area contributed by atoms with Gasteiger partial charge in [0.25, 0.3) is 11.1 Å². The van der Waals surface area contributed by atoms with Gasteiger partial charge in [0, 0.05) is 17.1 Å². The highest BCUT2D eigenvalue weighted by atomic mass is 32.2. The number of thiophene rings is 1. The molecule has 0 fully saturated rings. The van der Waals surface area contributed by atoms with Crippen LogP contribution in [0, 0.1) is 11.3 Å². The maximum atomic E-state index is 12.4. The Labute approximate surface area is 162 Å². The molecule has 1 aromatic carbocycles. The van der Waals surface area contributed by atoms with Crippen LogP contribution < -0.4 is 5.32 Å². The van der Waals surface area contributed by atoms with E-state index in [-0.39, 0.29) is 5.91 Å². The Hall–Kier alpha value is -3.09. The molecule has 27 heavy (non-hydrogen) atoms. The Morgan fingerprint density at radius 1 is 1.37 bits per heavy atom. The molecule has 0 spiro atoms. The van der Waals surface area contributed by atoms with Gasteiger partial charge in [0.05, 0.1) is 16.4 Å². The minimum Gasteiger partial charge on any atom is -0.411 e. The molecular formula is C18H13N5O2S2. The molecule has 2 N–H and O–H groups in total. The van der Waals surface area contributed by atoms with E-state index in [0.29, 0.717) is 21.7 Å². The van der Waals surface area contributed by atoms with Crippen LogP contribution in [0.5, 0.6) is 0 Å². The van der Waals surface area contributed by atoms with Crippen LogP contribution in [0.4, 0.5) is 5.00 Å². The molecule has 0 unspecified atom stereocenters. The van der Waals surface area contributed by atoms with E-state index in [2.05, 4.69) is 20.5 Å². The number of para-hydroxylation sites is 1. The van der Waals surface area contributed by atoms with Gasteiger partial charge in [-0.15, -0.1) is 21.5 Å². The lowest BCUT2D eigenvalue weighted by atomic mass is 10.2. The molecule has 0 saturated heterocycles. The zero-order valence-electron chi connectivity index (χ0n) is 14.1. The number of carbonyl (C=O) groups excluding carboxylic acids is 1. The second-order valence-corrected chi connectivity index (χ2v) is 7.85. The molecule has 1 atom stereocenters. The van der Waals surface area contributed by atoms with Gasteiger partial charge in [-0.1, -0.05) is 30.0 Å². The van der Waals surface area contributed by atoms with Crippen molar-refractivity contribution >= 4 is 44.9 Å². The highest BCUT2D eigenvalue weighted by Crippen LogP contribution is 2.31. The Morgan fingerprint density at radius 3 is 3.07 bits per heavy atom. The second-order valence-electron chi connectivity index (χ2n) is 5.65. The Balaban J connectivity index is 1.47. The lowest BCUT2D eigenvalue weighted by Crippen LogP contribution is -2.22. The number of nitrogens with zero attached hydrogens (tertiary/aromatic N) is 3. The van der Waals surface area contributed by atoms with Crippen molar-refractivity contribution in [3.63, 3.8) is 0 Å². The van der Waals surface area contributed by atoms with Crippen molar-refractivity contribution in [1.29, 1.82) is 5.26 Å². The van der Waals surface area contributed by atoms with Crippen molar-refractivity contribution in [2.24, 2.45) is 0 Å². The van der Waals surface area contributed by atoms with Crippen LogP contribution in [0.1, 0.15) is 12.5 Å². The van der Waals surface area contributed by atoms with Gasteiger partial charge < -0.3 is 14.7 Å². The fourth-order valence-corrected chi connectivity index (χ4v) is 3.95. The van der Waals surface area contributed by atoms with Gasteiger partial charge >= 0.3 is 0 Å². The van der Waals surface area contributed by atoms with E-state index in [0.717, 1.165) is 16.5 Å².